The van der Waals surface area contributed by atoms with Crippen molar-refractivity contribution in [1.82, 2.24) is 10.6 Å². The second kappa shape index (κ2) is 12.5. The van der Waals surface area contributed by atoms with E-state index in [0.717, 1.165) is 29.0 Å². The monoisotopic (exact) mass is 569 g/mol. The van der Waals surface area contributed by atoms with Crippen molar-refractivity contribution in [1.29, 1.82) is 0 Å². The lowest BCUT2D eigenvalue weighted by atomic mass is 10.1. The summed E-state index contributed by atoms with van der Waals surface area (Å²) in [4.78, 5) is 16.3. The molecule has 0 radical (unpaired) electrons. The zero-order chi connectivity index (χ0) is 23.1. The van der Waals surface area contributed by atoms with Gasteiger partial charge in [0.15, 0.2) is 5.96 Å². The number of esters is 1. The molecule has 0 spiro atoms. The van der Waals surface area contributed by atoms with E-state index in [1.165, 1.54) is 19.8 Å². The Kier molecular flexibility index (Phi) is 10.1. The van der Waals surface area contributed by atoms with Crippen molar-refractivity contribution in [3.63, 3.8) is 0 Å². The fourth-order valence-electron chi connectivity index (χ4n) is 3.63. The number of carbonyl (C=O) groups is 1. The van der Waals surface area contributed by atoms with Crippen LogP contribution in [0.1, 0.15) is 40.9 Å². The molecule has 1 unspecified atom stereocenters. The van der Waals surface area contributed by atoms with Crippen molar-refractivity contribution < 1.29 is 23.7 Å². The summed E-state index contributed by atoms with van der Waals surface area (Å²) >= 11 is 0. The Morgan fingerprint density at radius 1 is 1.15 bits per heavy atom. The molecule has 33 heavy (non-hydrogen) atoms. The molecule has 180 valence electrons. The standard InChI is InChI=1S/C24H31N3O5.HI/c1-6-31-21-11-17-9-15(2)32-22(17)12-18(21)14-27-24(25-3)26-13-16-7-8-20(29-4)19(10-16)23(28)30-5;/h7-8,10-12,15H,6,9,13-14H2,1-5H3,(H2,25,26,27);1H. The molecule has 1 atom stereocenters. The number of fused-ring (bicyclic) bond motifs is 1. The molecule has 2 aromatic rings. The van der Waals surface area contributed by atoms with Crippen LogP contribution in [0.15, 0.2) is 35.3 Å². The van der Waals surface area contributed by atoms with E-state index in [0.29, 0.717) is 37.0 Å². The molecule has 2 aromatic carbocycles. The summed E-state index contributed by atoms with van der Waals surface area (Å²) in [6.07, 6.45) is 1.07. The number of hydrogen-bond donors (Lipinski definition) is 2. The third kappa shape index (κ3) is 6.66. The highest BCUT2D eigenvalue weighted by atomic mass is 127. The molecule has 0 saturated heterocycles. The molecule has 0 aromatic heterocycles. The number of nitrogens with one attached hydrogen (secondary N) is 2. The molecule has 0 bridgehead atoms. The van der Waals surface area contributed by atoms with Crippen molar-refractivity contribution in [3.8, 4) is 17.2 Å². The molecular weight excluding hydrogens is 537 g/mol. The maximum absolute atomic E-state index is 12.0. The highest BCUT2D eigenvalue weighted by Crippen LogP contribution is 2.35. The first kappa shape index (κ1) is 26.6. The van der Waals surface area contributed by atoms with Crippen LogP contribution in [0.4, 0.5) is 0 Å². The number of carbonyl (C=O) groups excluding carboxylic acids is 1. The molecule has 0 aliphatic carbocycles. The molecule has 0 amide bonds. The molecule has 1 aliphatic rings. The number of ether oxygens (including phenoxy) is 4. The summed E-state index contributed by atoms with van der Waals surface area (Å²) in [6, 6.07) is 9.49. The van der Waals surface area contributed by atoms with Crippen molar-refractivity contribution >= 4 is 35.9 Å². The van der Waals surface area contributed by atoms with E-state index in [4.69, 9.17) is 18.9 Å². The Bertz CT molecular complexity index is 996. The van der Waals surface area contributed by atoms with E-state index < -0.39 is 5.97 Å². The van der Waals surface area contributed by atoms with Gasteiger partial charge in [-0.25, -0.2) is 4.79 Å². The Hall–Kier alpha value is -2.69. The van der Waals surface area contributed by atoms with E-state index in [1.807, 2.05) is 19.1 Å². The Balaban J connectivity index is 0.00000385. The van der Waals surface area contributed by atoms with Crippen molar-refractivity contribution in [3.05, 3.63) is 52.6 Å². The number of guanidine groups is 1. The highest BCUT2D eigenvalue weighted by molar-refractivity contribution is 14.0. The largest absolute Gasteiger partial charge is 0.496 e. The van der Waals surface area contributed by atoms with E-state index in [9.17, 15) is 4.79 Å². The van der Waals surface area contributed by atoms with Gasteiger partial charge in [0.1, 0.15) is 28.9 Å². The fourth-order valence-corrected chi connectivity index (χ4v) is 3.63. The first-order valence-electron chi connectivity index (χ1n) is 10.6. The van der Waals surface area contributed by atoms with Gasteiger partial charge in [0, 0.05) is 37.7 Å². The van der Waals surface area contributed by atoms with Gasteiger partial charge in [-0.3, -0.25) is 4.99 Å². The lowest BCUT2D eigenvalue weighted by molar-refractivity contribution is 0.0597. The van der Waals surface area contributed by atoms with Gasteiger partial charge < -0.3 is 29.6 Å². The lowest BCUT2D eigenvalue weighted by Gasteiger charge is -2.16. The minimum absolute atomic E-state index is 0. The average Bonchev–Trinajstić information content (AvgIpc) is 3.17. The molecule has 0 fully saturated rings. The number of benzene rings is 2. The predicted octanol–water partition coefficient (Wildman–Crippen LogP) is 3.69. The van der Waals surface area contributed by atoms with Crippen molar-refractivity contribution in [2.45, 2.75) is 39.5 Å². The van der Waals surface area contributed by atoms with Gasteiger partial charge in [0.25, 0.3) is 0 Å². The van der Waals surface area contributed by atoms with Gasteiger partial charge in [-0.15, -0.1) is 24.0 Å². The first-order chi connectivity index (χ1) is 15.5. The first-order valence-corrected chi connectivity index (χ1v) is 10.6. The van der Waals surface area contributed by atoms with E-state index in [2.05, 4.69) is 28.6 Å². The molecule has 2 N–H and O–H groups in total. The number of methoxy groups -OCH3 is 2. The Labute approximate surface area is 212 Å². The van der Waals surface area contributed by atoms with Crippen LogP contribution < -0.4 is 24.8 Å². The van der Waals surface area contributed by atoms with Crippen molar-refractivity contribution in [2.24, 2.45) is 4.99 Å². The van der Waals surface area contributed by atoms with Crippen LogP contribution in [0.2, 0.25) is 0 Å². The van der Waals surface area contributed by atoms with Gasteiger partial charge in [-0.2, -0.15) is 0 Å². The topological polar surface area (TPSA) is 90.4 Å². The molecular formula is C24H32IN3O5. The minimum Gasteiger partial charge on any atom is -0.496 e. The van der Waals surface area contributed by atoms with Crippen LogP contribution in [0, 0.1) is 0 Å². The van der Waals surface area contributed by atoms with Crippen LogP contribution in [-0.2, 0) is 24.2 Å². The third-order valence-corrected chi connectivity index (χ3v) is 5.18. The Morgan fingerprint density at radius 3 is 2.58 bits per heavy atom. The lowest BCUT2D eigenvalue weighted by Crippen LogP contribution is -2.36. The predicted molar refractivity (Wildman–Crippen MR) is 138 cm³/mol. The van der Waals surface area contributed by atoms with Crippen LogP contribution in [0.5, 0.6) is 17.2 Å². The normalized spacial score (nSPS) is 14.5. The summed E-state index contributed by atoms with van der Waals surface area (Å²) in [7, 11) is 4.58. The quantitative estimate of drug-likeness (QED) is 0.217. The zero-order valence-corrected chi connectivity index (χ0v) is 22.0. The number of aliphatic imine (C=N–C) groups is 1. The molecule has 0 saturated carbocycles. The Morgan fingerprint density at radius 2 is 1.91 bits per heavy atom. The smallest absolute Gasteiger partial charge is 0.341 e. The SMILES string of the molecule is CCOc1cc2c(cc1CNC(=NC)NCc1ccc(OC)c(C(=O)OC)c1)OC(C)C2.I. The molecule has 8 nitrogen and oxygen atoms in total. The number of nitrogens with zero attached hydrogens (tertiary/aromatic N) is 1. The maximum Gasteiger partial charge on any atom is 0.341 e. The van der Waals surface area contributed by atoms with E-state index >= 15 is 0 Å². The summed E-state index contributed by atoms with van der Waals surface area (Å²) in [6.45, 7) is 5.62. The van der Waals surface area contributed by atoms with Crippen molar-refractivity contribution in [2.75, 3.05) is 27.9 Å². The molecule has 9 heteroatoms. The van der Waals surface area contributed by atoms with Gasteiger partial charge in [0.05, 0.1) is 20.8 Å². The van der Waals surface area contributed by atoms with Crippen LogP contribution in [-0.4, -0.2) is 45.9 Å². The van der Waals surface area contributed by atoms with E-state index in [-0.39, 0.29) is 30.1 Å². The molecule has 3 rings (SSSR count). The van der Waals surface area contributed by atoms with Gasteiger partial charge >= 0.3 is 5.97 Å². The highest BCUT2D eigenvalue weighted by Gasteiger charge is 2.22. The number of hydrogen-bond acceptors (Lipinski definition) is 6. The molecule has 1 aliphatic heterocycles. The zero-order valence-electron chi connectivity index (χ0n) is 19.7. The van der Waals surface area contributed by atoms with Crippen LogP contribution >= 0.6 is 24.0 Å². The second-order valence-corrected chi connectivity index (χ2v) is 7.44. The number of rotatable bonds is 8. The summed E-state index contributed by atoms with van der Waals surface area (Å²) in [5.41, 5.74) is 3.45. The van der Waals surface area contributed by atoms with Crippen LogP contribution in [0.25, 0.3) is 0 Å². The van der Waals surface area contributed by atoms with E-state index in [1.54, 1.807) is 19.2 Å². The fraction of sp³-hybridized carbons (Fsp3) is 0.417. The minimum atomic E-state index is -0.442. The average molecular weight is 569 g/mol. The van der Waals surface area contributed by atoms with Gasteiger partial charge in [0.2, 0.25) is 0 Å². The second-order valence-electron chi connectivity index (χ2n) is 7.44. The van der Waals surface area contributed by atoms with Crippen LogP contribution in [0.3, 0.4) is 0 Å². The summed E-state index contributed by atoms with van der Waals surface area (Å²) in [5.74, 6) is 2.42. The third-order valence-electron chi connectivity index (χ3n) is 5.18. The van der Waals surface area contributed by atoms with Gasteiger partial charge in [-0.05, 0) is 43.7 Å². The summed E-state index contributed by atoms with van der Waals surface area (Å²) in [5, 5.41) is 6.58. The molecule has 1 heterocycles. The van der Waals surface area contributed by atoms with Gasteiger partial charge in [-0.1, -0.05) is 6.07 Å². The number of halogens is 1. The summed E-state index contributed by atoms with van der Waals surface area (Å²) < 4.78 is 21.8. The maximum atomic E-state index is 12.0.